The minimum atomic E-state index is -0.424. The summed E-state index contributed by atoms with van der Waals surface area (Å²) in [7, 11) is 4.61. The first-order chi connectivity index (χ1) is 19.2. The van der Waals surface area contributed by atoms with Gasteiger partial charge in [0, 0.05) is 30.8 Å². The van der Waals surface area contributed by atoms with Gasteiger partial charge in [0.2, 0.25) is 17.4 Å². The fraction of sp³-hybridized carbons (Fsp3) is 0.387. The Morgan fingerprint density at radius 1 is 1.00 bits per heavy atom. The topological polar surface area (TPSA) is 89.5 Å². The lowest BCUT2D eigenvalue weighted by atomic mass is 9.97. The van der Waals surface area contributed by atoms with E-state index in [1.165, 1.54) is 21.3 Å². The molecule has 0 saturated carbocycles. The first-order valence-corrected chi connectivity index (χ1v) is 13.8. The maximum atomic E-state index is 13.0. The van der Waals surface area contributed by atoms with Gasteiger partial charge in [-0.05, 0) is 81.1 Å². The van der Waals surface area contributed by atoms with Crippen molar-refractivity contribution in [2.24, 2.45) is 4.99 Å². The van der Waals surface area contributed by atoms with Crippen LogP contribution in [0.1, 0.15) is 44.7 Å². The molecule has 9 heteroatoms. The zero-order valence-electron chi connectivity index (χ0n) is 24.3. The van der Waals surface area contributed by atoms with Crippen molar-refractivity contribution in [2.75, 3.05) is 39.3 Å². The van der Waals surface area contributed by atoms with Crippen molar-refractivity contribution >= 4 is 40.4 Å². The van der Waals surface area contributed by atoms with Gasteiger partial charge < -0.3 is 24.4 Å². The molecule has 1 aliphatic carbocycles. The van der Waals surface area contributed by atoms with E-state index in [9.17, 15) is 9.59 Å². The van der Waals surface area contributed by atoms with Gasteiger partial charge in [-0.2, -0.15) is 0 Å². The third-order valence-corrected chi connectivity index (χ3v) is 7.24. The van der Waals surface area contributed by atoms with Crippen LogP contribution in [0.25, 0.3) is 0 Å². The molecule has 0 radical (unpaired) electrons. The van der Waals surface area contributed by atoms with E-state index in [1.54, 1.807) is 18.2 Å². The molecule has 0 fully saturated rings. The molecule has 1 amide bonds. The predicted octanol–water partition coefficient (Wildman–Crippen LogP) is 6.06. The summed E-state index contributed by atoms with van der Waals surface area (Å²) >= 11 is 6.50. The van der Waals surface area contributed by atoms with E-state index in [0.717, 1.165) is 35.6 Å². The molecule has 0 bridgehead atoms. The molecule has 1 N–H and O–H groups in total. The number of allylic oxidation sites excluding steroid dienone is 3. The van der Waals surface area contributed by atoms with Gasteiger partial charge >= 0.3 is 0 Å². The Balaban J connectivity index is 1.83. The monoisotopic (exact) mass is 567 g/mol. The van der Waals surface area contributed by atoms with Crippen LogP contribution in [0, 0.1) is 6.92 Å². The summed E-state index contributed by atoms with van der Waals surface area (Å²) in [6.07, 6.45) is 2.66. The van der Waals surface area contributed by atoms with Crippen LogP contribution in [0.4, 0.5) is 11.4 Å². The van der Waals surface area contributed by atoms with Gasteiger partial charge in [-0.3, -0.25) is 9.59 Å². The molecule has 0 unspecified atom stereocenters. The molecule has 214 valence electrons. The average molecular weight is 568 g/mol. The number of methoxy groups -OCH3 is 3. The first-order valence-electron chi connectivity index (χ1n) is 13.4. The number of ether oxygens (including phenoxy) is 3. The number of halogens is 1. The molecule has 40 heavy (non-hydrogen) atoms. The number of anilines is 1. The fourth-order valence-corrected chi connectivity index (χ4v) is 4.95. The van der Waals surface area contributed by atoms with Crippen LogP contribution in [0.3, 0.4) is 0 Å². The largest absolute Gasteiger partial charge is 0.493 e. The molecule has 0 aliphatic heterocycles. The zero-order chi connectivity index (χ0) is 29.4. The molecular weight excluding hydrogens is 530 g/mol. The number of hydrogen-bond acceptors (Lipinski definition) is 7. The molecule has 0 atom stereocenters. The van der Waals surface area contributed by atoms with Crippen molar-refractivity contribution in [2.45, 2.75) is 47.0 Å². The summed E-state index contributed by atoms with van der Waals surface area (Å²) in [6, 6.07) is 9.71. The summed E-state index contributed by atoms with van der Waals surface area (Å²) in [6.45, 7) is 10.00. The van der Waals surface area contributed by atoms with Crippen molar-refractivity contribution in [1.82, 2.24) is 5.32 Å². The van der Waals surface area contributed by atoms with Crippen LogP contribution >= 0.6 is 11.6 Å². The smallest absolute Gasteiger partial charge is 0.224 e. The highest BCUT2D eigenvalue weighted by Crippen LogP contribution is 2.38. The van der Waals surface area contributed by atoms with Gasteiger partial charge in [-0.25, -0.2) is 4.99 Å². The number of nitrogens with zero attached hydrogens (tertiary/aromatic N) is 2. The summed E-state index contributed by atoms with van der Waals surface area (Å²) < 4.78 is 16.2. The van der Waals surface area contributed by atoms with Crippen LogP contribution in [0.2, 0.25) is 0 Å². The Kier molecular flexibility index (Phi) is 10.8. The third-order valence-electron chi connectivity index (χ3n) is 6.84. The van der Waals surface area contributed by atoms with Gasteiger partial charge in [-0.1, -0.05) is 18.5 Å². The summed E-state index contributed by atoms with van der Waals surface area (Å²) in [5.74, 6) is 0.749. The van der Waals surface area contributed by atoms with Crippen LogP contribution in [-0.4, -0.2) is 51.8 Å². The van der Waals surface area contributed by atoms with E-state index in [0.29, 0.717) is 41.4 Å². The Hall–Kier alpha value is -3.78. The van der Waals surface area contributed by atoms with Crippen molar-refractivity contribution < 1.29 is 23.8 Å². The van der Waals surface area contributed by atoms with Gasteiger partial charge in [0.1, 0.15) is 0 Å². The molecule has 2 aromatic carbocycles. The number of rotatable bonds is 12. The van der Waals surface area contributed by atoms with Crippen molar-refractivity contribution in [1.29, 1.82) is 0 Å². The fourth-order valence-electron chi connectivity index (χ4n) is 4.62. The maximum absolute atomic E-state index is 13.0. The lowest BCUT2D eigenvalue weighted by Gasteiger charge is -2.22. The Labute approximate surface area is 241 Å². The number of Topliss-reactive ketones (excluding diaryl/α,β-unsaturated/α-hetero) is 1. The lowest BCUT2D eigenvalue weighted by molar-refractivity contribution is -0.122. The van der Waals surface area contributed by atoms with Gasteiger partial charge in [-0.15, -0.1) is 0 Å². The molecule has 8 nitrogen and oxygen atoms in total. The summed E-state index contributed by atoms with van der Waals surface area (Å²) in [5.41, 5.74) is 5.05. The number of amides is 1. The minimum Gasteiger partial charge on any atom is -0.493 e. The highest BCUT2D eigenvalue weighted by molar-refractivity contribution is 6.49. The van der Waals surface area contributed by atoms with E-state index in [-0.39, 0.29) is 23.1 Å². The first kappa shape index (κ1) is 30.8. The van der Waals surface area contributed by atoms with E-state index >= 15 is 0 Å². The van der Waals surface area contributed by atoms with Crippen molar-refractivity contribution in [3.8, 4) is 17.2 Å². The number of nitrogens with one attached hydrogen (secondary N) is 1. The second-order valence-corrected chi connectivity index (χ2v) is 9.63. The Bertz CT molecular complexity index is 1330. The highest BCUT2D eigenvalue weighted by Gasteiger charge is 2.27. The molecule has 0 saturated heterocycles. The van der Waals surface area contributed by atoms with Crippen LogP contribution in [-0.2, 0) is 16.0 Å². The molecule has 2 aromatic rings. The number of aliphatic imine (C=N–C) groups is 1. The van der Waals surface area contributed by atoms with Crippen LogP contribution in [0.5, 0.6) is 17.2 Å². The number of benzene rings is 2. The molecule has 0 aromatic heterocycles. The molecular formula is C31H38ClN3O5. The Morgan fingerprint density at radius 2 is 1.65 bits per heavy atom. The van der Waals surface area contributed by atoms with E-state index in [1.807, 2.05) is 26.0 Å². The maximum Gasteiger partial charge on any atom is 0.224 e. The summed E-state index contributed by atoms with van der Waals surface area (Å²) in [5, 5.41) is 2.81. The molecule has 0 heterocycles. The standard InChI is InChI=1S/C31H38ClN3O5/c1-8-22-24(33-23-13-12-21(15-19(23)4)35(9-2)10-3)18-25(30(37)29(22)32)34-28(36)14-11-20-16-26(38-5)31(40-7)27(17-20)39-6/h12-13,15-18H,8-11,14H2,1-7H3,(H,34,36). The van der Waals surface area contributed by atoms with E-state index in [2.05, 4.69) is 30.1 Å². The van der Waals surface area contributed by atoms with Gasteiger partial charge in [0.25, 0.3) is 0 Å². The third kappa shape index (κ3) is 6.86. The number of carbonyl (C=O) groups is 2. The zero-order valence-corrected chi connectivity index (χ0v) is 25.1. The average Bonchev–Trinajstić information content (AvgIpc) is 2.96. The number of aryl methyl sites for hydroxylation is 2. The quantitative estimate of drug-likeness (QED) is 0.314. The molecule has 1 aliphatic rings. The molecule has 3 rings (SSSR count). The van der Waals surface area contributed by atoms with Crippen LogP contribution < -0.4 is 24.4 Å². The van der Waals surface area contributed by atoms with Crippen molar-refractivity contribution in [3.63, 3.8) is 0 Å². The number of carbonyl (C=O) groups excluding carboxylic acids is 2. The summed E-state index contributed by atoms with van der Waals surface area (Å²) in [4.78, 5) is 33.0. The second kappa shape index (κ2) is 14.0. The number of hydrogen-bond donors (Lipinski definition) is 1. The van der Waals surface area contributed by atoms with Crippen LogP contribution in [0.15, 0.2) is 57.7 Å². The highest BCUT2D eigenvalue weighted by atomic mass is 35.5. The SMILES string of the molecule is CCC1=C(Cl)C(=O)C(NC(=O)CCc2cc(OC)c(OC)c(OC)c2)=CC1=Nc1ccc(N(CC)CC)cc1C. The van der Waals surface area contributed by atoms with Crippen molar-refractivity contribution in [3.05, 3.63) is 63.8 Å². The molecule has 0 spiro atoms. The lowest BCUT2D eigenvalue weighted by Crippen LogP contribution is -2.31. The van der Waals surface area contributed by atoms with Gasteiger partial charge in [0.15, 0.2) is 11.5 Å². The van der Waals surface area contributed by atoms with Gasteiger partial charge in [0.05, 0.1) is 43.5 Å². The van der Waals surface area contributed by atoms with E-state index < -0.39 is 5.78 Å². The Morgan fingerprint density at radius 3 is 2.17 bits per heavy atom. The normalized spacial score (nSPS) is 14.2. The van der Waals surface area contributed by atoms with E-state index in [4.69, 9.17) is 30.8 Å². The second-order valence-electron chi connectivity index (χ2n) is 9.26. The number of ketones is 1. The minimum absolute atomic E-state index is 0.0705. The predicted molar refractivity (Wildman–Crippen MR) is 161 cm³/mol.